The second-order valence-corrected chi connectivity index (χ2v) is 8.61. The van der Waals surface area contributed by atoms with Gasteiger partial charge in [0.1, 0.15) is 5.82 Å². The Bertz CT molecular complexity index is 1340. The van der Waals surface area contributed by atoms with E-state index in [1.54, 1.807) is 17.7 Å². The van der Waals surface area contributed by atoms with Crippen LogP contribution >= 0.6 is 0 Å². The Labute approximate surface area is 194 Å². The third kappa shape index (κ3) is 4.54. The molecule has 33 heavy (non-hydrogen) atoms. The van der Waals surface area contributed by atoms with E-state index < -0.39 is 0 Å². The first-order chi connectivity index (χ1) is 16.0. The molecule has 1 amide bonds. The summed E-state index contributed by atoms with van der Waals surface area (Å²) in [4.78, 5) is 33.6. The molecule has 0 spiro atoms. The average molecular weight is 442 g/mol. The third-order valence-corrected chi connectivity index (χ3v) is 6.39. The van der Waals surface area contributed by atoms with Gasteiger partial charge in [0.25, 0.3) is 11.5 Å². The Morgan fingerprint density at radius 1 is 0.939 bits per heavy atom. The number of rotatable bonds is 8. The van der Waals surface area contributed by atoms with Crippen LogP contribution in [0.15, 0.2) is 71.5 Å². The van der Waals surface area contributed by atoms with Gasteiger partial charge < -0.3 is 4.90 Å². The fourth-order valence-corrected chi connectivity index (χ4v) is 4.49. The Balaban J connectivity index is 1.77. The number of hydrogen-bond acceptors (Lipinski definition) is 3. The minimum absolute atomic E-state index is 0.0294. The lowest BCUT2D eigenvalue weighted by Gasteiger charge is -2.30. The normalized spacial score (nSPS) is 12.2. The van der Waals surface area contributed by atoms with Crippen LogP contribution < -0.4 is 5.56 Å². The Morgan fingerprint density at radius 2 is 1.64 bits per heavy atom. The number of para-hydroxylation sites is 1. The first-order valence-electron chi connectivity index (χ1n) is 11.8. The quantitative estimate of drug-likeness (QED) is 0.321. The Hall–Kier alpha value is -3.47. The number of hydrogen-bond donors (Lipinski definition) is 0. The molecule has 0 N–H and O–H groups in total. The molecule has 0 saturated heterocycles. The van der Waals surface area contributed by atoms with Crippen molar-refractivity contribution in [3.8, 4) is 0 Å². The number of fused-ring (bicyclic) bond motifs is 2. The van der Waals surface area contributed by atoms with Crippen molar-refractivity contribution in [3.05, 3.63) is 88.5 Å². The van der Waals surface area contributed by atoms with E-state index in [1.807, 2.05) is 72.5 Å². The maximum absolute atomic E-state index is 13.9. The van der Waals surface area contributed by atoms with E-state index in [0.717, 1.165) is 36.5 Å². The fraction of sp³-hybridized carbons (Fsp3) is 0.321. The summed E-state index contributed by atoms with van der Waals surface area (Å²) in [6, 6.07) is 20.8. The number of unbranched alkanes of at least 4 members (excludes halogenated alkanes) is 3. The van der Waals surface area contributed by atoms with Crippen LogP contribution in [0.5, 0.6) is 0 Å². The monoisotopic (exact) mass is 441 g/mol. The predicted octanol–water partition coefficient (Wildman–Crippen LogP) is 5.87. The van der Waals surface area contributed by atoms with E-state index >= 15 is 0 Å². The number of benzene rings is 3. The van der Waals surface area contributed by atoms with Crippen LogP contribution in [0, 0.1) is 0 Å². The number of nitrogens with zero attached hydrogens (tertiary/aromatic N) is 3. The van der Waals surface area contributed by atoms with Crippen LogP contribution in [-0.2, 0) is 7.05 Å². The highest BCUT2D eigenvalue weighted by atomic mass is 16.2. The predicted molar refractivity (Wildman–Crippen MR) is 135 cm³/mol. The molecule has 0 fully saturated rings. The molecule has 1 aromatic heterocycles. The molecule has 0 aliphatic carbocycles. The van der Waals surface area contributed by atoms with Crippen molar-refractivity contribution >= 4 is 27.6 Å². The summed E-state index contributed by atoms with van der Waals surface area (Å²) in [5.74, 6) is 0.570. The maximum Gasteiger partial charge on any atom is 0.261 e. The minimum Gasteiger partial charge on any atom is -0.329 e. The van der Waals surface area contributed by atoms with Crippen LogP contribution in [-0.4, -0.2) is 26.9 Å². The van der Waals surface area contributed by atoms with Crippen molar-refractivity contribution < 1.29 is 4.79 Å². The third-order valence-electron chi connectivity index (χ3n) is 6.39. The smallest absolute Gasteiger partial charge is 0.261 e. The van der Waals surface area contributed by atoms with Crippen molar-refractivity contribution in [2.45, 2.75) is 45.6 Å². The van der Waals surface area contributed by atoms with E-state index in [4.69, 9.17) is 4.98 Å². The van der Waals surface area contributed by atoms with Crippen LogP contribution in [0.25, 0.3) is 21.7 Å². The minimum atomic E-state index is -0.347. The largest absolute Gasteiger partial charge is 0.329 e. The lowest BCUT2D eigenvalue weighted by atomic mass is 10.0. The molecule has 0 saturated carbocycles. The molecular weight excluding hydrogens is 410 g/mol. The molecule has 1 heterocycles. The number of aromatic nitrogens is 2. The molecule has 0 bridgehead atoms. The van der Waals surface area contributed by atoms with E-state index in [0.29, 0.717) is 28.8 Å². The van der Waals surface area contributed by atoms with E-state index in [2.05, 4.69) is 6.92 Å². The zero-order valence-corrected chi connectivity index (χ0v) is 19.6. The molecule has 1 unspecified atom stereocenters. The van der Waals surface area contributed by atoms with E-state index in [9.17, 15) is 9.59 Å². The molecular formula is C28H31N3O2. The van der Waals surface area contributed by atoms with Gasteiger partial charge in [-0.2, -0.15) is 0 Å². The topological polar surface area (TPSA) is 55.2 Å². The van der Waals surface area contributed by atoms with Crippen molar-refractivity contribution in [2.24, 2.45) is 7.05 Å². The molecule has 5 heteroatoms. The van der Waals surface area contributed by atoms with Gasteiger partial charge >= 0.3 is 0 Å². The first kappa shape index (κ1) is 22.7. The molecule has 5 nitrogen and oxygen atoms in total. The van der Waals surface area contributed by atoms with Gasteiger partial charge in [-0.05, 0) is 42.3 Å². The van der Waals surface area contributed by atoms with Crippen LogP contribution in [0.2, 0.25) is 0 Å². The van der Waals surface area contributed by atoms with Crippen molar-refractivity contribution in [2.75, 3.05) is 6.54 Å². The van der Waals surface area contributed by atoms with Crippen molar-refractivity contribution in [1.29, 1.82) is 0 Å². The fourth-order valence-electron chi connectivity index (χ4n) is 4.49. The van der Waals surface area contributed by atoms with Gasteiger partial charge in [0, 0.05) is 19.2 Å². The highest BCUT2D eigenvalue weighted by Gasteiger charge is 2.27. The molecule has 1 atom stereocenters. The Kier molecular flexibility index (Phi) is 6.87. The van der Waals surface area contributed by atoms with Crippen molar-refractivity contribution in [1.82, 2.24) is 14.5 Å². The lowest BCUT2D eigenvalue weighted by molar-refractivity contribution is 0.0678. The summed E-state index contributed by atoms with van der Waals surface area (Å²) < 4.78 is 1.59. The molecule has 0 aliphatic heterocycles. The molecule has 0 radical (unpaired) electrons. The summed E-state index contributed by atoms with van der Waals surface area (Å²) in [5, 5.41) is 2.57. The molecule has 4 aromatic rings. The lowest BCUT2D eigenvalue weighted by Crippen LogP contribution is -2.38. The van der Waals surface area contributed by atoms with Gasteiger partial charge in [-0.1, -0.05) is 74.7 Å². The highest BCUT2D eigenvalue weighted by molar-refractivity contribution is 6.07. The Morgan fingerprint density at radius 3 is 2.42 bits per heavy atom. The number of carbonyl (C=O) groups excluding carboxylic acids is 1. The van der Waals surface area contributed by atoms with Crippen LogP contribution in [0.4, 0.5) is 0 Å². The number of amides is 1. The molecule has 0 aliphatic rings. The van der Waals surface area contributed by atoms with Crippen LogP contribution in [0.1, 0.15) is 61.8 Å². The summed E-state index contributed by atoms with van der Waals surface area (Å²) in [6.45, 7) is 4.77. The zero-order valence-electron chi connectivity index (χ0n) is 19.6. The maximum atomic E-state index is 13.9. The van der Waals surface area contributed by atoms with Crippen LogP contribution in [0.3, 0.4) is 0 Å². The van der Waals surface area contributed by atoms with Gasteiger partial charge in [0.15, 0.2) is 0 Å². The van der Waals surface area contributed by atoms with Gasteiger partial charge in [-0.3, -0.25) is 14.2 Å². The van der Waals surface area contributed by atoms with Crippen molar-refractivity contribution in [3.63, 3.8) is 0 Å². The SMILES string of the molecule is CCCCCCN(C(=O)c1cccc2ccccc12)C(C)c1nc2ccccc2c(=O)n1C. The first-order valence-corrected chi connectivity index (χ1v) is 11.8. The molecule has 170 valence electrons. The summed E-state index contributed by atoms with van der Waals surface area (Å²) >= 11 is 0. The number of carbonyl (C=O) groups is 1. The van der Waals surface area contributed by atoms with Gasteiger partial charge in [0.05, 0.1) is 16.9 Å². The zero-order chi connectivity index (χ0) is 23.4. The standard InChI is InChI=1S/C28H31N3O2/c1-4-5-6-11-19-31(28(33)23-17-12-14-21-13-7-8-15-22(21)23)20(2)26-29-25-18-10-9-16-24(25)27(32)30(26)3/h7-10,12-18,20H,4-6,11,19H2,1-3H3. The molecule has 4 rings (SSSR count). The van der Waals surface area contributed by atoms with E-state index in [-0.39, 0.29) is 17.5 Å². The van der Waals surface area contributed by atoms with Gasteiger partial charge in [-0.15, -0.1) is 0 Å². The average Bonchev–Trinajstić information content (AvgIpc) is 2.85. The summed E-state index contributed by atoms with van der Waals surface area (Å²) in [5.41, 5.74) is 1.25. The van der Waals surface area contributed by atoms with Gasteiger partial charge in [0.2, 0.25) is 0 Å². The van der Waals surface area contributed by atoms with E-state index in [1.165, 1.54) is 0 Å². The summed E-state index contributed by atoms with van der Waals surface area (Å²) in [6.07, 6.45) is 4.24. The molecule has 3 aromatic carbocycles. The van der Waals surface area contributed by atoms with Gasteiger partial charge in [-0.25, -0.2) is 4.98 Å². The highest BCUT2D eigenvalue weighted by Crippen LogP contribution is 2.26. The second-order valence-electron chi connectivity index (χ2n) is 8.61. The summed E-state index contributed by atoms with van der Waals surface area (Å²) in [7, 11) is 1.74. The second kappa shape index (κ2) is 9.99.